The van der Waals surface area contributed by atoms with Crippen LogP contribution in [-0.4, -0.2) is 51.1 Å². The molecule has 1 aromatic heterocycles. The Kier molecular flexibility index (Phi) is 5.50. The van der Waals surface area contributed by atoms with Gasteiger partial charge in [0, 0.05) is 29.7 Å². The number of benzene rings is 1. The SMILES string of the molecule is COc1ccc(Nc2ccnc(C(=O)NC3CCS(=O)(=O)C3)c2)cc1OC. The maximum Gasteiger partial charge on any atom is 0.270 e. The minimum Gasteiger partial charge on any atom is -0.493 e. The number of hydrogen-bond donors (Lipinski definition) is 2. The number of carbonyl (C=O) groups is 1. The molecular weight excluding hydrogens is 370 g/mol. The number of nitrogens with one attached hydrogen (secondary N) is 2. The average Bonchev–Trinajstić information content (AvgIpc) is 3.00. The number of carbonyl (C=O) groups excluding carboxylic acids is 1. The number of aromatic nitrogens is 1. The molecule has 1 unspecified atom stereocenters. The van der Waals surface area contributed by atoms with Crippen molar-refractivity contribution >= 4 is 27.1 Å². The Morgan fingerprint density at radius 2 is 1.85 bits per heavy atom. The first-order chi connectivity index (χ1) is 12.9. The van der Waals surface area contributed by atoms with Gasteiger partial charge < -0.3 is 20.1 Å². The van der Waals surface area contributed by atoms with Crippen molar-refractivity contribution in [3.63, 3.8) is 0 Å². The first-order valence-electron chi connectivity index (χ1n) is 8.36. The van der Waals surface area contributed by atoms with Crippen LogP contribution >= 0.6 is 0 Å². The summed E-state index contributed by atoms with van der Waals surface area (Å²) < 4.78 is 33.5. The van der Waals surface area contributed by atoms with Gasteiger partial charge in [-0.25, -0.2) is 8.42 Å². The normalized spacial score (nSPS) is 17.9. The molecule has 1 fully saturated rings. The molecule has 1 amide bonds. The van der Waals surface area contributed by atoms with E-state index in [2.05, 4.69) is 15.6 Å². The molecule has 2 aromatic rings. The topological polar surface area (TPSA) is 107 Å². The van der Waals surface area contributed by atoms with Gasteiger partial charge in [0.1, 0.15) is 5.69 Å². The number of ether oxygens (including phenoxy) is 2. The van der Waals surface area contributed by atoms with Crippen molar-refractivity contribution in [2.45, 2.75) is 12.5 Å². The lowest BCUT2D eigenvalue weighted by Gasteiger charge is -2.13. The number of anilines is 2. The summed E-state index contributed by atoms with van der Waals surface area (Å²) in [6.45, 7) is 0. The Hall–Kier alpha value is -2.81. The molecule has 2 N–H and O–H groups in total. The van der Waals surface area contributed by atoms with Crippen molar-refractivity contribution in [3.05, 3.63) is 42.2 Å². The summed E-state index contributed by atoms with van der Waals surface area (Å²) in [7, 11) is 0.0649. The minimum atomic E-state index is -3.05. The van der Waals surface area contributed by atoms with Crippen LogP contribution in [0.5, 0.6) is 11.5 Å². The smallest absolute Gasteiger partial charge is 0.270 e. The van der Waals surface area contributed by atoms with Crippen LogP contribution in [-0.2, 0) is 9.84 Å². The lowest BCUT2D eigenvalue weighted by molar-refractivity contribution is 0.0936. The third-order valence-electron chi connectivity index (χ3n) is 4.23. The van der Waals surface area contributed by atoms with E-state index in [1.807, 2.05) is 6.07 Å². The first-order valence-corrected chi connectivity index (χ1v) is 10.2. The molecule has 0 radical (unpaired) electrons. The van der Waals surface area contributed by atoms with E-state index in [0.717, 1.165) is 5.69 Å². The van der Waals surface area contributed by atoms with Crippen molar-refractivity contribution in [1.29, 1.82) is 0 Å². The zero-order chi connectivity index (χ0) is 19.4. The van der Waals surface area contributed by atoms with E-state index < -0.39 is 15.7 Å². The van der Waals surface area contributed by atoms with E-state index in [9.17, 15) is 13.2 Å². The summed E-state index contributed by atoms with van der Waals surface area (Å²) in [5.74, 6) is 0.878. The van der Waals surface area contributed by atoms with E-state index in [4.69, 9.17) is 9.47 Å². The average molecular weight is 391 g/mol. The Bertz CT molecular complexity index is 946. The van der Waals surface area contributed by atoms with Gasteiger partial charge in [0.05, 0.1) is 25.7 Å². The van der Waals surface area contributed by atoms with Crippen LogP contribution in [0.25, 0.3) is 0 Å². The van der Waals surface area contributed by atoms with Gasteiger partial charge in [-0.15, -0.1) is 0 Å². The van der Waals surface area contributed by atoms with E-state index in [1.54, 1.807) is 38.5 Å². The second-order valence-corrected chi connectivity index (χ2v) is 8.43. The van der Waals surface area contributed by atoms with Crippen molar-refractivity contribution in [1.82, 2.24) is 10.3 Å². The van der Waals surface area contributed by atoms with Crippen LogP contribution in [0.15, 0.2) is 36.5 Å². The molecule has 144 valence electrons. The van der Waals surface area contributed by atoms with Crippen molar-refractivity contribution in [3.8, 4) is 11.5 Å². The summed E-state index contributed by atoms with van der Waals surface area (Å²) in [6.07, 6.45) is 1.95. The second kappa shape index (κ2) is 7.83. The minimum absolute atomic E-state index is 0.0255. The van der Waals surface area contributed by atoms with Crippen molar-refractivity contribution in [2.24, 2.45) is 0 Å². The molecule has 0 bridgehead atoms. The number of sulfone groups is 1. The number of hydrogen-bond acceptors (Lipinski definition) is 7. The van der Waals surface area contributed by atoms with Crippen LogP contribution in [0.3, 0.4) is 0 Å². The predicted octanol–water partition coefficient (Wildman–Crippen LogP) is 1.76. The van der Waals surface area contributed by atoms with E-state index in [1.165, 1.54) is 6.20 Å². The standard InChI is InChI=1S/C18H21N3O5S/c1-25-16-4-3-12(10-17(16)26-2)20-13-5-7-19-15(9-13)18(22)21-14-6-8-27(23,24)11-14/h3-5,7,9-10,14H,6,8,11H2,1-2H3,(H,19,20)(H,21,22). The van der Waals surface area contributed by atoms with Crippen LogP contribution in [0, 0.1) is 0 Å². The Balaban J connectivity index is 1.71. The monoisotopic (exact) mass is 391 g/mol. The predicted molar refractivity (Wildman–Crippen MR) is 102 cm³/mol. The molecule has 8 nitrogen and oxygen atoms in total. The highest BCUT2D eigenvalue weighted by Gasteiger charge is 2.29. The molecule has 2 heterocycles. The Labute approximate surface area is 157 Å². The highest BCUT2D eigenvalue weighted by Crippen LogP contribution is 2.31. The highest BCUT2D eigenvalue weighted by atomic mass is 32.2. The van der Waals surface area contributed by atoms with Crippen LogP contribution in [0.1, 0.15) is 16.9 Å². The molecule has 1 atom stereocenters. The fourth-order valence-corrected chi connectivity index (χ4v) is 4.55. The van der Waals surface area contributed by atoms with Gasteiger partial charge in [-0.2, -0.15) is 0 Å². The third-order valence-corrected chi connectivity index (χ3v) is 6.00. The highest BCUT2D eigenvalue weighted by molar-refractivity contribution is 7.91. The second-order valence-electron chi connectivity index (χ2n) is 6.20. The summed E-state index contributed by atoms with van der Waals surface area (Å²) in [4.78, 5) is 16.4. The number of amides is 1. The molecule has 0 saturated carbocycles. The summed E-state index contributed by atoms with van der Waals surface area (Å²) in [5.41, 5.74) is 1.64. The lowest BCUT2D eigenvalue weighted by Crippen LogP contribution is -2.36. The quantitative estimate of drug-likeness (QED) is 0.773. The van der Waals surface area contributed by atoms with Crippen molar-refractivity contribution in [2.75, 3.05) is 31.0 Å². The summed E-state index contributed by atoms with van der Waals surface area (Å²) in [6, 6.07) is 8.35. The molecule has 27 heavy (non-hydrogen) atoms. The fourth-order valence-electron chi connectivity index (χ4n) is 2.88. The largest absolute Gasteiger partial charge is 0.493 e. The van der Waals surface area contributed by atoms with Gasteiger partial charge in [-0.3, -0.25) is 9.78 Å². The van der Waals surface area contributed by atoms with E-state index in [0.29, 0.717) is 23.6 Å². The molecule has 1 aromatic carbocycles. The van der Waals surface area contributed by atoms with E-state index >= 15 is 0 Å². The third kappa shape index (κ3) is 4.68. The van der Waals surface area contributed by atoms with Crippen LogP contribution in [0.2, 0.25) is 0 Å². The number of pyridine rings is 1. The van der Waals surface area contributed by atoms with Gasteiger partial charge in [0.2, 0.25) is 0 Å². The fraction of sp³-hybridized carbons (Fsp3) is 0.333. The van der Waals surface area contributed by atoms with Crippen LogP contribution < -0.4 is 20.1 Å². The lowest BCUT2D eigenvalue weighted by atomic mass is 10.2. The molecule has 1 saturated heterocycles. The molecule has 9 heteroatoms. The zero-order valence-electron chi connectivity index (χ0n) is 15.1. The van der Waals surface area contributed by atoms with Crippen molar-refractivity contribution < 1.29 is 22.7 Å². The first kappa shape index (κ1) is 19.0. The maximum absolute atomic E-state index is 12.4. The Morgan fingerprint density at radius 1 is 1.11 bits per heavy atom. The molecule has 1 aliphatic rings. The summed E-state index contributed by atoms with van der Waals surface area (Å²) in [5, 5.41) is 5.91. The van der Waals surface area contributed by atoms with Crippen LogP contribution in [0.4, 0.5) is 11.4 Å². The number of rotatable bonds is 6. The molecule has 1 aliphatic heterocycles. The number of nitrogens with zero attached hydrogens (tertiary/aromatic N) is 1. The van der Waals surface area contributed by atoms with E-state index in [-0.39, 0.29) is 23.2 Å². The maximum atomic E-state index is 12.4. The molecule has 0 aliphatic carbocycles. The summed E-state index contributed by atoms with van der Waals surface area (Å²) >= 11 is 0. The number of methoxy groups -OCH3 is 2. The zero-order valence-corrected chi connectivity index (χ0v) is 15.9. The molecule has 0 spiro atoms. The van der Waals surface area contributed by atoms with Gasteiger partial charge in [-0.1, -0.05) is 0 Å². The molecule has 3 rings (SSSR count). The Morgan fingerprint density at radius 3 is 2.52 bits per heavy atom. The molecular formula is C18H21N3O5S. The van der Waals surface area contributed by atoms with Gasteiger partial charge in [0.15, 0.2) is 21.3 Å². The van der Waals surface area contributed by atoms with Gasteiger partial charge in [0.25, 0.3) is 5.91 Å². The van der Waals surface area contributed by atoms with Gasteiger partial charge >= 0.3 is 0 Å². The van der Waals surface area contributed by atoms with Gasteiger partial charge in [-0.05, 0) is 30.7 Å².